The van der Waals surface area contributed by atoms with E-state index in [-0.39, 0.29) is 54.0 Å². The molecule has 12 nitrogen and oxygen atoms in total. The minimum atomic E-state index is -1.22. The molecule has 2 aromatic rings. The van der Waals surface area contributed by atoms with Crippen molar-refractivity contribution in [1.82, 2.24) is 15.6 Å². The molecule has 0 fully saturated rings. The Bertz CT molecular complexity index is 1600. The molecule has 2 aromatic carbocycles. The van der Waals surface area contributed by atoms with Gasteiger partial charge in [0.2, 0.25) is 5.91 Å². The van der Waals surface area contributed by atoms with E-state index in [1.807, 2.05) is 0 Å². The van der Waals surface area contributed by atoms with Gasteiger partial charge in [0.15, 0.2) is 6.61 Å². The van der Waals surface area contributed by atoms with Crippen molar-refractivity contribution in [1.29, 1.82) is 0 Å². The van der Waals surface area contributed by atoms with Crippen molar-refractivity contribution in [2.24, 2.45) is 5.10 Å². The Hall–Kier alpha value is -4.39. The third-order valence-corrected chi connectivity index (χ3v) is 7.97. The molecule has 4 rings (SSSR count). The Morgan fingerprint density at radius 3 is 2.53 bits per heavy atom. The molecule has 1 unspecified atom stereocenters. The van der Waals surface area contributed by atoms with Gasteiger partial charge >= 0.3 is 11.9 Å². The second-order valence-corrected chi connectivity index (χ2v) is 10.9. The first-order valence-corrected chi connectivity index (χ1v) is 14.7. The fourth-order valence-corrected chi connectivity index (χ4v) is 5.43. The number of carboxylic acids is 1. The number of carbonyl (C=O) groups is 4. The summed E-state index contributed by atoms with van der Waals surface area (Å²) >= 11 is 12.8. The van der Waals surface area contributed by atoms with Crippen molar-refractivity contribution < 1.29 is 38.5 Å². The summed E-state index contributed by atoms with van der Waals surface area (Å²) in [7, 11) is 2.88. The fraction of sp³-hybridized carbons (Fsp3) is 0.323. The Morgan fingerprint density at radius 2 is 1.89 bits per heavy atom. The zero-order chi connectivity index (χ0) is 32.7. The molecule has 238 valence electrons. The van der Waals surface area contributed by atoms with E-state index in [2.05, 4.69) is 15.8 Å². The number of aliphatic carboxylic acids is 1. The van der Waals surface area contributed by atoms with Crippen LogP contribution in [0, 0.1) is 0 Å². The van der Waals surface area contributed by atoms with Gasteiger partial charge in [0.05, 0.1) is 48.2 Å². The van der Waals surface area contributed by atoms with E-state index >= 15 is 0 Å². The summed E-state index contributed by atoms with van der Waals surface area (Å²) in [6.45, 7) is 1.57. The largest absolute Gasteiger partial charge is 0.482 e. The summed E-state index contributed by atoms with van der Waals surface area (Å²) in [5.74, 6) is -2.17. The van der Waals surface area contributed by atoms with Crippen LogP contribution in [0.5, 0.6) is 5.75 Å². The molecule has 0 saturated carbocycles. The van der Waals surface area contributed by atoms with Gasteiger partial charge in [-0.1, -0.05) is 41.4 Å². The lowest BCUT2D eigenvalue weighted by Crippen LogP contribution is -2.44. The Labute approximate surface area is 269 Å². The molecule has 0 bridgehead atoms. The third kappa shape index (κ3) is 7.83. The van der Waals surface area contributed by atoms with Crippen LogP contribution in [0.1, 0.15) is 30.9 Å². The second kappa shape index (κ2) is 15.1. The average Bonchev–Trinajstić information content (AvgIpc) is 3.02. The van der Waals surface area contributed by atoms with Crippen LogP contribution >= 0.6 is 23.2 Å². The van der Waals surface area contributed by atoms with Gasteiger partial charge in [-0.3, -0.25) is 9.59 Å². The first-order valence-electron chi connectivity index (χ1n) is 13.9. The Kier molecular flexibility index (Phi) is 11.2. The molecule has 45 heavy (non-hydrogen) atoms. The lowest BCUT2D eigenvalue weighted by Gasteiger charge is -2.38. The van der Waals surface area contributed by atoms with Gasteiger partial charge in [0.1, 0.15) is 5.75 Å². The van der Waals surface area contributed by atoms with E-state index in [1.54, 1.807) is 61.3 Å². The zero-order valence-electron chi connectivity index (χ0n) is 24.8. The number of halogens is 2. The van der Waals surface area contributed by atoms with Crippen LogP contribution in [0.15, 0.2) is 64.4 Å². The number of hydrazone groups is 1. The number of hydrogen-bond donors (Lipinski definition) is 3. The highest BCUT2D eigenvalue weighted by Gasteiger charge is 2.39. The molecule has 3 N–H and O–H groups in total. The monoisotopic (exact) mass is 658 g/mol. The summed E-state index contributed by atoms with van der Waals surface area (Å²) in [5.41, 5.74) is 4.86. The smallest absolute Gasteiger partial charge is 0.338 e. The standard InChI is InChI=1S/C31H32Cl2N4O8/c1-17-27(30(40)41)28(19-6-4-5-7-20(19)32)29(31(42)43-3)23(37(17)2)15-44-13-12-34-26(39)16-45-24-10-8-18(14-21(24)33)22-9-11-25(38)36-35-22/h4-8,10,14,23H,9,11-13,15-16H2,1-3H3,(H,34,39)(H,36,38)(H,40,41). The number of likely N-dealkylation sites (N-methyl/N-ethyl adjacent to an activating group) is 1. The van der Waals surface area contributed by atoms with Crippen molar-refractivity contribution in [3.05, 3.63) is 80.5 Å². The average molecular weight is 660 g/mol. The fourth-order valence-electron chi connectivity index (χ4n) is 4.97. The Morgan fingerprint density at radius 1 is 1.13 bits per heavy atom. The van der Waals surface area contributed by atoms with Crippen LogP contribution in [0.3, 0.4) is 0 Å². The molecule has 14 heteroatoms. The first-order chi connectivity index (χ1) is 21.5. The number of ether oxygens (including phenoxy) is 3. The number of rotatable bonds is 12. The van der Waals surface area contributed by atoms with Crippen LogP contribution < -0.4 is 15.5 Å². The molecule has 0 aromatic heterocycles. The number of methoxy groups -OCH3 is 1. The quantitative estimate of drug-likeness (QED) is 0.230. The normalized spacial score (nSPS) is 16.6. The highest BCUT2D eigenvalue weighted by Crippen LogP contribution is 2.40. The summed E-state index contributed by atoms with van der Waals surface area (Å²) in [6.07, 6.45) is 0.831. The van der Waals surface area contributed by atoms with Gasteiger partial charge in [-0.25, -0.2) is 15.0 Å². The summed E-state index contributed by atoms with van der Waals surface area (Å²) in [5, 5.41) is 17.4. The second-order valence-electron chi connectivity index (χ2n) is 10.1. The number of amides is 2. The van der Waals surface area contributed by atoms with Crippen LogP contribution in [-0.2, 0) is 28.7 Å². The maximum atomic E-state index is 13.1. The highest BCUT2D eigenvalue weighted by molar-refractivity contribution is 6.33. The van der Waals surface area contributed by atoms with Gasteiger partial charge in [-0.2, -0.15) is 5.10 Å². The lowest BCUT2D eigenvalue weighted by molar-refractivity contribution is -0.137. The molecular formula is C31H32Cl2N4O8. The summed E-state index contributed by atoms with van der Waals surface area (Å²) < 4.78 is 16.5. The number of benzene rings is 2. The number of carbonyl (C=O) groups excluding carboxylic acids is 3. The van der Waals surface area contributed by atoms with Crippen molar-refractivity contribution in [3.8, 4) is 5.75 Å². The van der Waals surface area contributed by atoms with E-state index < -0.39 is 23.9 Å². The zero-order valence-corrected chi connectivity index (χ0v) is 26.3. The van der Waals surface area contributed by atoms with Crippen molar-refractivity contribution >= 4 is 58.2 Å². The van der Waals surface area contributed by atoms with Gasteiger partial charge in [0, 0.05) is 48.3 Å². The van der Waals surface area contributed by atoms with E-state index in [1.165, 1.54) is 7.11 Å². The molecule has 2 aliphatic heterocycles. The van der Waals surface area contributed by atoms with Crippen LogP contribution in [0.4, 0.5) is 0 Å². The molecule has 0 spiro atoms. The number of nitrogens with zero attached hydrogens (tertiary/aromatic N) is 2. The minimum absolute atomic E-state index is 0.0115. The predicted octanol–water partition coefficient (Wildman–Crippen LogP) is 3.42. The summed E-state index contributed by atoms with van der Waals surface area (Å²) in [6, 6.07) is 11.0. The van der Waals surface area contributed by atoms with E-state index in [0.717, 1.165) is 5.56 Å². The number of esters is 1. The van der Waals surface area contributed by atoms with Crippen molar-refractivity contribution in [2.75, 3.05) is 40.5 Å². The van der Waals surface area contributed by atoms with Gasteiger partial charge in [0.25, 0.3) is 5.91 Å². The maximum absolute atomic E-state index is 13.1. The van der Waals surface area contributed by atoms with E-state index in [4.69, 9.17) is 37.4 Å². The minimum Gasteiger partial charge on any atom is -0.482 e. The van der Waals surface area contributed by atoms with Gasteiger partial charge < -0.3 is 29.5 Å². The lowest BCUT2D eigenvalue weighted by atomic mass is 9.84. The van der Waals surface area contributed by atoms with Crippen LogP contribution in [0.25, 0.3) is 5.57 Å². The molecule has 1 atom stereocenters. The SMILES string of the molecule is COC(=O)C1=C(c2ccccc2Cl)C(C(=O)O)=C(C)N(C)C1COCCNC(=O)COc1ccc(C2=NNC(=O)CC2)cc1Cl. The molecule has 2 heterocycles. The van der Waals surface area contributed by atoms with Crippen LogP contribution in [-0.4, -0.2) is 86.0 Å². The molecule has 0 radical (unpaired) electrons. The Balaban J connectivity index is 1.36. The molecule has 2 aliphatic rings. The maximum Gasteiger partial charge on any atom is 0.338 e. The highest BCUT2D eigenvalue weighted by atomic mass is 35.5. The number of nitrogens with one attached hydrogen (secondary N) is 2. The number of hydrogen-bond acceptors (Lipinski definition) is 9. The van der Waals surface area contributed by atoms with Gasteiger partial charge in [-0.05, 0) is 36.8 Å². The molecule has 0 saturated heterocycles. The molecule has 2 amide bonds. The topological polar surface area (TPSA) is 156 Å². The number of carboxylic acid groups (broad SMARTS) is 1. The van der Waals surface area contributed by atoms with Crippen LogP contribution in [0.2, 0.25) is 10.0 Å². The van der Waals surface area contributed by atoms with Crippen molar-refractivity contribution in [2.45, 2.75) is 25.8 Å². The molecular weight excluding hydrogens is 627 g/mol. The van der Waals surface area contributed by atoms with Gasteiger partial charge in [-0.15, -0.1) is 0 Å². The summed E-state index contributed by atoms with van der Waals surface area (Å²) in [4.78, 5) is 50.8. The van der Waals surface area contributed by atoms with E-state index in [9.17, 15) is 24.3 Å². The number of allylic oxidation sites excluding steroid dienone is 1. The predicted molar refractivity (Wildman–Crippen MR) is 167 cm³/mol. The molecule has 0 aliphatic carbocycles. The first kappa shape index (κ1) is 33.5. The van der Waals surface area contributed by atoms with Crippen molar-refractivity contribution in [3.63, 3.8) is 0 Å². The van der Waals surface area contributed by atoms with E-state index in [0.29, 0.717) is 40.6 Å². The third-order valence-electron chi connectivity index (χ3n) is 7.35.